The number of hydrogen-bond donors (Lipinski definition) is 0. The van der Waals surface area contributed by atoms with Crippen LogP contribution in [0.2, 0.25) is 0 Å². The molecule has 8 heteroatoms. The number of aromatic nitrogens is 3. The van der Waals surface area contributed by atoms with E-state index >= 15 is 0 Å². The molecule has 1 aromatic carbocycles. The van der Waals surface area contributed by atoms with Crippen molar-refractivity contribution < 1.29 is 24.0 Å². The van der Waals surface area contributed by atoms with E-state index in [0.717, 1.165) is 25.0 Å². The van der Waals surface area contributed by atoms with Gasteiger partial charge in [-0.15, -0.1) is 5.10 Å². The quantitative estimate of drug-likeness (QED) is 0.630. The van der Waals surface area contributed by atoms with Crippen LogP contribution in [0.5, 0.6) is 0 Å². The van der Waals surface area contributed by atoms with Gasteiger partial charge in [-0.1, -0.05) is 49.4 Å². The Morgan fingerprint density at radius 1 is 1.09 bits per heavy atom. The molecule has 4 saturated heterocycles. The molecule has 4 aliphatic heterocycles. The molecular weight excluding hydrogens is 422 g/mol. The number of ether oxygens (including phenoxy) is 3. The van der Waals surface area contributed by atoms with E-state index in [-0.39, 0.29) is 11.8 Å². The van der Waals surface area contributed by atoms with E-state index in [1.165, 1.54) is 12.0 Å². The van der Waals surface area contributed by atoms with Crippen LogP contribution >= 0.6 is 0 Å². The van der Waals surface area contributed by atoms with E-state index in [0.29, 0.717) is 25.0 Å². The monoisotopic (exact) mass is 455 g/mol. The smallest absolute Gasteiger partial charge is 0.201 e. The van der Waals surface area contributed by atoms with Gasteiger partial charge in [0, 0.05) is 18.3 Å². The summed E-state index contributed by atoms with van der Waals surface area (Å²) >= 11 is 0. The highest BCUT2D eigenvalue weighted by Gasteiger charge is 2.69. The fourth-order valence-electron chi connectivity index (χ4n) is 6.48. The molecule has 33 heavy (non-hydrogen) atoms. The van der Waals surface area contributed by atoms with Gasteiger partial charge in [0.05, 0.1) is 19.3 Å². The predicted octanol–water partition coefficient (Wildman–Crippen LogP) is 4.05. The van der Waals surface area contributed by atoms with Crippen LogP contribution in [0, 0.1) is 23.7 Å². The van der Waals surface area contributed by atoms with Gasteiger partial charge in [0.1, 0.15) is 5.69 Å². The molecule has 5 fully saturated rings. The Morgan fingerprint density at radius 2 is 1.94 bits per heavy atom. The molecule has 5 heterocycles. The van der Waals surface area contributed by atoms with Crippen LogP contribution in [0.1, 0.15) is 57.7 Å². The first-order valence-electron chi connectivity index (χ1n) is 12.2. The molecule has 8 nitrogen and oxygen atoms in total. The second kappa shape index (κ2) is 8.13. The van der Waals surface area contributed by atoms with Gasteiger partial charge < -0.3 is 14.2 Å². The first kappa shape index (κ1) is 21.7. The summed E-state index contributed by atoms with van der Waals surface area (Å²) in [6.07, 6.45) is 5.10. The number of hydrogen-bond acceptors (Lipinski definition) is 7. The molecule has 0 amide bonds. The molecule has 7 rings (SSSR count). The molecule has 1 unspecified atom stereocenters. The topological polar surface area (TPSA) is 76.9 Å². The first-order chi connectivity index (χ1) is 16.0. The van der Waals surface area contributed by atoms with E-state index < -0.39 is 24.0 Å². The molecule has 178 valence electrons. The zero-order chi connectivity index (χ0) is 22.6. The zero-order valence-electron chi connectivity index (χ0n) is 19.6. The van der Waals surface area contributed by atoms with E-state index in [1.807, 2.05) is 36.0 Å². The van der Waals surface area contributed by atoms with Crippen molar-refractivity contribution >= 4 is 0 Å². The maximum Gasteiger partial charge on any atom is 0.201 e. The summed E-state index contributed by atoms with van der Waals surface area (Å²) in [5, 5.41) is 8.55. The van der Waals surface area contributed by atoms with Gasteiger partial charge in [0.15, 0.2) is 18.2 Å². The Labute approximate surface area is 194 Å². The molecule has 8 atom stereocenters. The minimum absolute atomic E-state index is 0.144. The molecular formula is C25H33N3O5. The maximum atomic E-state index is 6.48. The molecule has 1 spiro atoms. The fourth-order valence-corrected chi connectivity index (χ4v) is 6.48. The van der Waals surface area contributed by atoms with Crippen LogP contribution in [0.25, 0.3) is 0 Å². The summed E-state index contributed by atoms with van der Waals surface area (Å²) in [6, 6.07) is 10.2. The minimum atomic E-state index is -0.775. The lowest BCUT2D eigenvalue weighted by Crippen LogP contribution is -2.70. The number of nitrogens with zero attached hydrogens (tertiary/aromatic N) is 3. The van der Waals surface area contributed by atoms with E-state index in [4.69, 9.17) is 24.0 Å². The van der Waals surface area contributed by atoms with Crippen molar-refractivity contribution in [3.8, 4) is 0 Å². The average molecular weight is 456 g/mol. The van der Waals surface area contributed by atoms with Crippen LogP contribution in [-0.4, -0.2) is 39.0 Å². The predicted molar refractivity (Wildman–Crippen MR) is 117 cm³/mol. The highest BCUT2D eigenvalue weighted by atomic mass is 17.3. The van der Waals surface area contributed by atoms with Crippen LogP contribution in [0.15, 0.2) is 36.5 Å². The summed E-state index contributed by atoms with van der Waals surface area (Å²) in [5.74, 6) is 0.517. The third kappa shape index (κ3) is 3.63. The highest BCUT2D eigenvalue weighted by Crippen LogP contribution is 2.60. The van der Waals surface area contributed by atoms with Gasteiger partial charge in [0.2, 0.25) is 5.79 Å². The van der Waals surface area contributed by atoms with Crippen LogP contribution < -0.4 is 0 Å². The van der Waals surface area contributed by atoms with Crippen LogP contribution in [0.3, 0.4) is 0 Å². The van der Waals surface area contributed by atoms with Gasteiger partial charge in [0.25, 0.3) is 0 Å². The van der Waals surface area contributed by atoms with Gasteiger partial charge >= 0.3 is 0 Å². The van der Waals surface area contributed by atoms with Crippen molar-refractivity contribution in [2.24, 2.45) is 23.7 Å². The SMILES string of the molecule is C[C@@H]1CC[C@H]2[C@@H](C)C(OCc3cn(Cc4ccccc4)nn3)O[C@@H]3O[C@@]4(C)CC[C@@H]1[C@]32OO4. The van der Waals surface area contributed by atoms with Gasteiger partial charge in [-0.25, -0.2) is 14.5 Å². The third-order valence-electron chi connectivity index (χ3n) is 8.27. The normalized spacial score (nSPS) is 42.0. The van der Waals surface area contributed by atoms with E-state index in [1.54, 1.807) is 0 Å². The second-order valence-corrected chi connectivity index (χ2v) is 10.5. The summed E-state index contributed by atoms with van der Waals surface area (Å²) in [6.45, 7) is 7.48. The lowest BCUT2D eigenvalue weighted by molar-refractivity contribution is -0.577. The molecule has 0 N–H and O–H groups in total. The lowest BCUT2D eigenvalue weighted by atomic mass is 9.58. The molecule has 2 bridgehead atoms. The standard InChI is InChI=1S/C25H33N3O5/c1-16-9-10-21-17(2)22(30-23-25(21)20(16)11-12-24(3,31-23)32-33-25)29-15-19-14-28(27-26-19)13-18-7-5-4-6-8-18/h4-8,14,16-17,20-23H,9-13,15H2,1-3H3/t16-,17-,20+,21+,22?,23-,24-,25-/m1/s1. The first-order valence-corrected chi connectivity index (χ1v) is 12.2. The molecule has 5 aliphatic rings. The zero-order valence-corrected chi connectivity index (χ0v) is 19.6. The molecule has 1 saturated carbocycles. The van der Waals surface area contributed by atoms with Crippen molar-refractivity contribution in [3.63, 3.8) is 0 Å². The molecule has 1 aromatic heterocycles. The molecule has 0 radical (unpaired) electrons. The number of benzene rings is 1. The molecule has 2 aromatic rings. The fraction of sp³-hybridized carbons (Fsp3) is 0.680. The largest absolute Gasteiger partial charge is 0.346 e. The second-order valence-electron chi connectivity index (χ2n) is 10.5. The Hall–Kier alpha value is -1.84. The van der Waals surface area contributed by atoms with Crippen LogP contribution in [0.4, 0.5) is 0 Å². The Balaban J connectivity index is 1.17. The van der Waals surface area contributed by atoms with Gasteiger partial charge in [-0.2, -0.15) is 0 Å². The summed E-state index contributed by atoms with van der Waals surface area (Å²) < 4.78 is 21.0. The van der Waals surface area contributed by atoms with Gasteiger partial charge in [-0.3, -0.25) is 0 Å². The number of rotatable bonds is 5. The van der Waals surface area contributed by atoms with E-state index in [9.17, 15) is 0 Å². The lowest BCUT2D eigenvalue weighted by Gasteiger charge is -2.60. The Morgan fingerprint density at radius 3 is 2.79 bits per heavy atom. The third-order valence-corrected chi connectivity index (χ3v) is 8.27. The minimum Gasteiger partial charge on any atom is -0.346 e. The summed E-state index contributed by atoms with van der Waals surface area (Å²) in [7, 11) is 0. The van der Waals surface area contributed by atoms with Crippen molar-refractivity contribution in [1.82, 2.24) is 15.0 Å². The van der Waals surface area contributed by atoms with Crippen molar-refractivity contribution in [3.05, 3.63) is 47.8 Å². The summed E-state index contributed by atoms with van der Waals surface area (Å²) in [5.41, 5.74) is 1.40. The van der Waals surface area contributed by atoms with Crippen molar-refractivity contribution in [2.75, 3.05) is 0 Å². The Bertz CT molecular complexity index is 985. The summed E-state index contributed by atoms with van der Waals surface area (Å²) in [4.78, 5) is 12.1. The average Bonchev–Trinajstić information content (AvgIpc) is 3.13. The molecule has 1 aliphatic carbocycles. The highest BCUT2D eigenvalue weighted by molar-refractivity contribution is 5.15. The number of fused-ring (bicyclic) bond motifs is 2. The van der Waals surface area contributed by atoms with Crippen molar-refractivity contribution in [2.45, 2.75) is 83.6 Å². The van der Waals surface area contributed by atoms with Crippen LogP contribution in [-0.2, 0) is 37.1 Å². The maximum absolute atomic E-state index is 6.48. The van der Waals surface area contributed by atoms with Crippen molar-refractivity contribution in [1.29, 1.82) is 0 Å². The Kier molecular flexibility index (Phi) is 5.34. The van der Waals surface area contributed by atoms with E-state index in [2.05, 4.69) is 36.3 Å². The van der Waals surface area contributed by atoms with Gasteiger partial charge in [-0.05, 0) is 43.6 Å².